The van der Waals surface area contributed by atoms with Crippen LogP contribution in [0, 0.1) is 21.2 Å². The SMILES string of the molecule is CCN(CC)CCNC(=O)c1c2ccccc2nc2ccc(I)cc12.CCN(CC)CCNC(=O)c1c2ccccc2nc2ccc(I)cc12.COC(=O)c1c2cc(C)ccc2nc2ccc(I)cc12.COC(=O)c1c2ccccc2nc2ccc(I)cc12.COC(=O)c1c2ccccc2nc2ccccc12.Cl.Cl. The number of hydrogen-bond acceptors (Lipinski definition) is 15. The number of hydrogen-bond donors (Lipinski definition) is 2. The van der Waals surface area contributed by atoms with E-state index in [1.54, 1.807) is 0 Å². The summed E-state index contributed by atoms with van der Waals surface area (Å²) in [5.74, 6) is -1.04. The molecule has 558 valence electrons. The molecule has 2 N–H and O–H groups in total. The van der Waals surface area contributed by atoms with Crippen LogP contribution >= 0.6 is 115 Å². The molecule has 17 nitrogen and oxygen atoms in total. The molecule has 0 bridgehead atoms. The number of nitrogens with zero attached hydrogens (tertiary/aromatic N) is 7. The van der Waals surface area contributed by atoms with Gasteiger partial charge in [0.05, 0.1) is 104 Å². The Hall–Kier alpha value is -8.68. The maximum Gasteiger partial charge on any atom is 0.339 e. The number of carbonyl (C=O) groups is 5. The third kappa shape index (κ3) is 19.9. The van der Waals surface area contributed by atoms with E-state index >= 15 is 0 Å². The minimum atomic E-state index is -0.329. The summed E-state index contributed by atoms with van der Waals surface area (Å²) in [7, 11) is 4.20. The third-order valence-corrected chi connectivity index (χ3v) is 20.9. The van der Waals surface area contributed by atoms with Gasteiger partial charge in [0.1, 0.15) is 0 Å². The highest BCUT2D eigenvalue weighted by Crippen LogP contribution is 2.33. The normalized spacial score (nSPS) is 10.9. The molecule has 0 fully saturated rings. The van der Waals surface area contributed by atoms with Gasteiger partial charge in [-0.25, -0.2) is 39.3 Å². The number of aromatic nitrogens is 5. The molecule has 0 aliphatic heterocycles. The molecule has 0 unspecified atom stereocenters. The summed E-state index contributed by atoms with van der Waals surface area (Å²) < 4.78 is 19.1. The van der Waals surface area contributed by atoms with Crippen molar-refractivity contribution in [3.05, 3.63) is 260 Å². The van der Waals surface area contributed by atoms with Crippen molar-refractivity contribution < 1.29 is 38.2 Å². The zero-order chi connectivity index (χ0) is 75.8. The molecule has 109 heavy (non-hydrogen) atoms. The van der Waals surface area contributed by atoms with Gasteiger partial charge in [0.2, 0.25) is 0 Å². The van der Waals surface area contributed by atoms with Gasteiger partial charge in [-0.15, -0.1) is 24.8 Å². The number of likely N-dealkylation sites (N-methyl/N-ethyl adjacent to an activating group) is 2. The number of aryl methyl sites for hydroxylation is 1. The van der Waals surface area contributed by atoms with Crippen molar-refractivity contribution in [2.75, 3.05) is 73.7 Å². The summed E-state index contributed by atoms with van der Waals surface area (Å²) in [6, 6.07) is 68.2. The standard InChI is InChI=1S/2C20H22IN3O.C16H12INO2.C15H10INO2.C15H11NO2.2ClH/c2*1-3-24(4-2)12-11-22-20(25)19-15-7-5-6-8-17(15)23-18-10-9-14(21)13-16(18)19;1-9-3-5-13-11(7-9)15(16(19)20-2)12-8-10(17)4-6-14(12)18-13;1-19-15(18)14-10-4-2-3-5-12(10)17-13-7-6-9(16)8-11(13)14;1-18-15(17)14-10-6-2-4-8-12(10)16-13-9-5-3-7-11(13)14;;/h2*5-10,13H,3-4,11-12H2,1-2H3,(H,22,25);3-8H,1-2H3;2-8H,1H3;2-9H,1H3;2*1H. The smallest absolute Gasteiger partial charge is 0.339 e. The molecular formula is C86H79Cl2I4N9O8. The lowest BCUT2D eigenvalue weighted by atomic mass is 10.0. The van der Waals surface area contributed by atoms with Gasteiger partial charge in [0, 0.05) is 94.3 Å². The van der Waals surface area contributed by atoms with Gasteiger partial charge in [0.25, 0.3) is 11.8 Å². The zero-order valence-corrected chi connectivity index (χ0v) is 71.4. The average Bonchev–Trinajstić information content (AvgIpc) is 0.787. The summed E-state index contributed by atoms with van der Waals surface area (Å²) >= 11 is 9.00. The lowest BCUT2D eigenvalue weighted by Gasteiger charge is -2.18. The minimum absolute atomic E-state index is 0. The largest absolute Gasteiger partial charge is 0.465 e. The third-order valence-electron chi connectivity index (χ3n) is 18.2. The number of esters is 3. The second-order valence-electron chi connectivity index (χ2n) is 24.7. The Morgan fingerprint density at radius 3 is 0.807 bits per heavy atom. The number of rotatable bonds is 15. The van der Waals surface area contributed by atoms with Crippen molar-refractivity contribution in [1.29, 1.82) is 0 Å². The predicted molar refractivity (Wildman–Crippen MR) is 481 cm³/mol. The van der Waals surface area contributed by atoms with Gasteiger partial charge >= 0.3 is 17.9 Å². The van der Waals surface area contributed by atoms with Gasteiger partial charge in [-0.05, 0) is 239 Å². The highest BCUT2D eigenvalue weighted by Gasteiger charge is 2.22. The van der Waals surface area contributed by atoms with Crippen molar-refractivity contribution >= 4 is 254 Å². The van der Waals surface area contributed by atoms with Crippen LogP contribution in [0.15, 0.2) is 212 Å². The van der Waals surface area contributed by atoms with E-state index in [9.17, 15) is 24.0 Å². The molecule has 2 amide bonds. The first-order valence-electron chi connectivity index (χ1n) is 34.9. The van der Waals surface area contributed by atoms with Crippen molar-refractivity contribution in [2.45, 2.75) is 34.6 Å². The number of ether oxygens (including phenoxy) is 3. The highest BCUT2D eigenvalue weighted by atomic mass is 127. The highest BCUT2D eigenvalue weighted by molar-refractivity contribution is 14.1. The Kier molecular flexibility index (Phi) is 30.8. The fraction of sp³-hybridized carbons (Fsp3) is 0.186. The second-order valence-corrected chi connectivity index (χ2v) is 29.7. The molecule has 0 aliphatic carbocycles. The molecule has 15 aromatic rings. The quantitative estimate of drug-likeness (QED) is 0.0423. The average molecular weight is 1950 g/mol. The Labute approximate surface area is 698 Å². The fourth-order valence-electron chi connectivity index (χ4n) is 12.8. The van der Waals surface area contributed by atoms with Crippen LogP contribution in [0.3, 0.4) is 0 Å². The molecule has 15 rings (SSSR count). The van der Waals surface area contributed by atoms with Crippen LogP contribution in [0.5, 0.6) is 0 Å². The predicted octanol–water partition coefficient (Wildman–Crippen LogP) is 20.0. The van der Waals surface area contributed by atoms with Gasteiger partial charge in [-0.1, -0.05) is 130 Å². The lowest BCUT2D eigenvalue weighted by Crippen LogP contribution is -2.35. The zero-order valence-electron chi connectivity index (χ0n) is 61.1. The number of carbonyl (C=O) groups excluding carboxylic acids is 5. The van der Waals surface area contributed by atoms with Gasteiger partial charge in [-0.2, -0.15) is 0 Å². The van der Waals surface area contributed by atoms with Crippen molar-refractivity contribution in [2.24, 2.45) is 0 Å². The van der Waals surface area contributed by atoms with E-state index in [2.05, 4.69) is 153 Å². The van der Waals surface area contributed by atoms with Crippen LogP contribution in [0.25, 0.3) is 109 Å². The number of halogens is 6. The maximum atomic E-state index is 13.0. The Balaban J connectivity index is 0.000000157. The minimum Gasteiger partial charge on any atom is -0.465 e. The summed E-state index contributed by atoms with van der Waals surface area (Å²) in [6.07, 6.45) is 0. The molecule has 0 saturated carbocycles. The van der Waals surface area contributed by atoms with Crippen LogP contribution in [0.4, 0.5) is 0 Å². The van der Waals surface area contributed by atoms with E-state index in [4.69, 9.17) is 24.2 Å². The summed E-state index contributed by atoms with van der Waals surface area (Å²) in [5, 5.41) is 14.8. The molecule has 0 aliphatic rings. The van der Waals surface area contributed by atoms with Gasteiger partial charge in [-0.3, -0.25) is 9.59 Å². The van der Waals surface area contributed by atoms with Crippen molar-refractivity contribution in [1.82, 2.24) is 45.4 Å². The van der Waals surface area contributed by atoms with E-state index in [1.807, 2.05) is 219 Å². The number of fused-ring (bicyclic) bond motifs is 10. The van der Waals surface area contributed by atoms with Crippen LogP contribution in [0.1, 0.15) is 85.0 Å². The van der Waals surface area contributed by atoms with Crippen LogP contribution in [0.2, 0.25) is 0 Å². The Bertz CT molecular complexity index is 5610. The maximum absolute atomic E-state index is 13.0. The van der Waals surface area contributed by atoms with Crippen molar-refractivity contribution in [3.63, 3.8) is 0 Å². The number of pyridine rings is 5. The molecule has 0 atom stereocenters. The van der Waals surface area contributed by atoms with E-state index in [0.29, 0.717) is 29.8 Å². The molecule has 10 aromatic carbocycles. The fourth-order valence-corrected chi connectivity index (χ4v) is 14.8. The van der Waals surface area contributed by atoms with E-state index in [-0.39, 0.29) is 54.5 Å². The number of benzene rings is 10. The molecule has 0 radical (unpaired) electrons. The first-order chi connectivity index (χ1) is 51.9. The topological polar surface area (TPSA) is 208 Å². The first kappa shape index (κ1) is 84.3. The number of methoxy groups -OCH3 is 3. The molecular weight excluding hydrogens is 1870 g/mol. The van der Waals surface area contributed by atoms with E-state index in [1.165, 1.54) is 21.3 Å². The number of para-hydroxylation sites is 5. The molecule has 5 heterocycles. The summed E-state index contributed by atoms with van der Waals surface area (Å²) in [6.45, 7) is 17.5. The second kappa shape index (κ2) is 39.8. The number of nitrogens with one attached hydrogen (secondary N) is 2. The van der Waals surface area contributed by atoms with Gasteiger partial charge < -0.3 is 34.6 Å². The molecule has 23 heteroatoms. The number of amides is 2. The van der Waals surface area contributed by atoms with Crippen LogP contribution < -0.4 is 10.6 Å². The van der Waals surface area contributed by atoms with E-state index in [0.717, 1.165) is 179 Å². The molecule has 0 spiro atoms. The Morgan fingerprint density at radius 2 is 0.532 bits per heavy atom. The van der Waals surface area contributed by atoms with Gasteiger partial charge in [0.15, 0.2) is 0 Å². The molecule has 0 saturated heterocycles. The summed E-state index contributed by atoms with van der Waals surface area (Å²) in [5.41, 5.74) is 12.5. The monoisotopic (exact) mass is 1940 g/mol. The van der Waals surface area contributed by atoms with E-state index < -0.39 is 0 Å². The van der Waals surface area contributed by atoms with Crippen LogP contribution in [-0.4, -0.2) is 138 Å². The lowest BCUT2D eigenvalue weighted by molar-refractivity contribution is 0.0596. The Morgan fingerprint density at radius 1 is 0.312 bits per heavy atom. The van der Waals surface area contributed by atoms with Crippen molar-refractivity contribution in [3.8, 4) is 0 Å². The van der Waals surface area contributed by atoms with Crippen LogP contribution in [-0.2, 0) is 14.2 Å². The summed E-state index contributed by atoms with van der Waals surface area (Å²) in [4.78, 5) is 90.0. The molecule has 5 aromatic heterocycles. The first-order valence-corrected chi connectivity index (χ1v) is 39.2.